The predicted molar refractivity (Wildman–Crippen MR) is 91.6 cm³/mol. The third-order valence-electron chi connectivity index (χ3n) is 5.28. The number of aromatic nitrogens is 1. The molecule has 0 radical (unpaired) electrons. The lowest BCUT2D eigenvalue weighted by Gasteiger charge is -2.36. The van der Waals surface area contributed by atoms with Crippen molar-refractivity contribution in [3.8, 4) is 0 Å². The Labute approximate surface area is 131 Å². The molecule has 3 nitrogen and oxygen atoms in total. The van der Waals surface area contributed by atoms with Gasteiger partial charge in [0.25, 0.3) is 0 Å². The lowest BCUT2D eigenvalue weighted by atomic mass is 9.87. The molecule has 2 heterocycles. The van der Waals surface area contributed by atoms with Crippen molar-refractivity contribution in [2.24, 2.45) is 0 Å². The molecular formula is C19H24N2O. The summed E-state index contributed by atoms with van der Waals surface area (Å²) in [7, 11) is 4.69. The first-order chi connectivity index (χ1) is 9.98. The molecule has 0 unspecified atom stereocenters. The molecule has 0 amide bonds. The Hall–Kier alpha value is -1.84. The van der Waals surface area contributed by atoms with Gasteiger partial charge in [0.15, 0.2) is 0 Å². The standard InChI is InChI=1S/C19H23N2.H2O/c1-12-16-11-21(3,4)10-9-14(16)13(2)19-18(12)15-7-5-6-8-17(15)20-19;/h5-8,20H,9-11H2,1-4H3;1H2/q+1;/p-1. The molecule has 0 fully saturated rings. The molecule has 0 aliphatic carbocycles. The van der Waals surface area contributed by atoms with Gasteiger partial charge in [-0.15, -0.1) is 0 Å². The number of aromatic amines is 1. The van der Waals surface area contributed by atoms with E-state index in [2.05, 4.69) is 57.2 Å². The summed E-state index contributed by atoms with van der Waals surface area (Å²) < 4.78 is 1.10. The Balaban J connectivity index is 0.00000144. The van der Waals surface area contributed by atoms with Crippen molar-refractivity contribution in [1.29, 1.82) is 0 Å². The second-order valence-corrected chi connectivity index (χ2v) is 7.20. The number of H-pyrrole nitrogens is 1. The van der Waals surface area contributed by atoms with Crippen molar-refractivity contribution in [2.45, 2.75) is 26.8 Å². The Bertz CT molecular complexity index is 874. The molecule has 1 aliphatic heterocycles. The molecule has 0 bridgehead atoms. The van der Waals surface area contributed by atoms with Crippen LogP contribution in [0.2, 0.25) is 0 Å². The fourth-order valence-corrected chi connectivity index (χ4v) is 4.04. The number of likely N-dealkylation sites (N-methyl/N-ethyl adjacent to an activating group) is 1. The molecule has 1 aliphatic rings. The smallest absolute Gasteiger partial charge is 0.105 e. The highest BCUT2D eigenvalue weighted by Crippen LogP contribution is 2.37. The number of nitrogens with one attached hydrogen (secondary N) is 1. The minimum atomic E-state index is 0. The summed E-state index contributed by atoms with van der Waals surface area (Å²) in [5.74, 6) is 0. The van der Waals surface area contributed by atoms with E-state index in [9.17, 15) is 0 Å². The molecule has 0 atom stereocenters. The van der Waals surface area contributed by atoms with Crippen LogP contribution in [-0.4, -0.2) is 35.6 Å². The number of quaternary nitrogens is 1. The van der Waals surface area contributed by atoms with Crippen LogP contribution in [-0.2, 0) is 13.0 Å². The Morgan fingerprint density at radius 1 is 1.00 bits per heavy atom. The Morgan fingerprint density at radius 2 is 1.73 bits per heavy atom. The molecule has 2 aromatic carbocycles. The molecule has 0 saturated carbocycles. The predicted octanol–water partition coefficient (Wildman–Crippen LogP) is 3.89. The van der Waals surface area contributed by atoms with E-state index in [1.807, 2.05) is 0 Å². The number of hydrogen-bond donors (Lipinski definition) is 1. The van der Waals surface area contributed by atoms with Gasteiger partial charge in [-0.2, -0.15) is 0 Å². The SMILES string of the molecule is Cc1c2c(c(C)c3c1[nH]c1ccccc13)C[N+](C)(C)CC2.[OH-]. The van der Waals surface area contributed by atoms with Crippen LogP contribution in [0, 0.1) is 13.8 Å². The minimum absolute atomic E-state index is 0. The topological polar surface area (TPSA) is 45.8 Å². The lowest BCUT2D eigenvalue weighted by molar-refractivity contribution is -0.905. The van der Waals surface area contributed by atoms with E-state index >= 15 is 0 Å². The lowest BCUT2D eigenvalue weighted by Crippen LogP contribution is -2.44. The number of para-hydroxylation sites is 1. The number of rotatable bonds is 0. The Morgan fingerprint density at radius 3 is 2.50 bits per heavy atom. The number of aryl methyl sites for hydroxylation is 2. The van der Waals surface area contributed by atoms with Gasteiger partial charge in [-0.05, 0) is 36.6 Å². The van der Waals surface area contributed by atoms with Crippen molar-refractivity contribution in [2.75, 3.05) is 20.6 Å². The van der Waals surface area contributed by atoms with Gasteiger partial charge < -0.3 is 14.9 Å². The highest BCUT2D eigenvalue weighted by Gasteiger charge is 2.29. The van der Waals surface area contributed by atoms with Gasteiger partial charge in [0.05, 0.1) is 20.6 Å². The molecule has 3 aromatic rings. The zero-order valence-corrected chi connectivity index (χ0v) is 13.8. The van der Waals surface area contributed by atoms with E-state index in [-0.39, 0.29) is 5.48 Å². The molecule has 4 rings (SSSR count). The number of benzene rings is 2. The summed E-state index contributed by atoms with van der Waals surface area (Å²) in [4.78, 5) is 3.65. The third-order valence-corrected chi connectivity index (χ3v) is 5.28. The maximum Gasteiger partial charge on any atom is 0.105 e. The fourth-order valence-electron chi connectivity index (χ4n) is 4.04. The maximum absolute atomic E-state index is 3.65. The van der Waals surface area contributed by atoms with Gasteiger partial charge >= 0.3 is 0 Å². The second kappa shape index (κ2) is 4.83. The largest absolute Gasteiger partial charge is 0.870 e. The molecular weight excluding hydrogens is 272 g/mol. The van der Waals surface area contributed by atoms with Gasteiger partial charge in [-0.1, -0.05) is 18.2 Å². The quantitative estimate of drug-likeness (QED) is 0.628. The third kappa shape index (κ3) is 1.97. The van der Waals surface area contributed by atoms with E-state index in [0.29, 0.717) is 0 Å². The van der Waals surface area contributed by atoms with Crippen LogP contribution in [0.15, 0.2) is 24.3 Å². The average molecular weight is 296 g/mol. The summed E-state index contributed by atoms with van der Waals surface area (Å²) >= 11 is 0. The monoisotopic (exact) mass is 296 g/mol. The van der Waals surface area contributed by atoms with E-state index in [4.69, 9.17) is 0 Å². The van der Waals surface area contributed by atoms with Crippen LogP contribution in [0.4, 0.5) is 0 Å². The number of hydrogen-bond acceptors (Lipinski definition) is 1. The van der Waals surface area contributed by atoms with E-state index < -0.39 is 0 Å². The summed E-state index contributed by atoms with van der Waals surface area (Å²) in [6.07, 6.45) is 1.19. The Kier molecular flexibility index (Phi) is 3.31. The highest BCUT2D eigenvalue weighted by atomic mass is 16.0. The van der Waals surface area contributed by atoms with Gasteiger partial charge in [-0.25, -0.2) is 0 Å². The summed E-state index contributed by atoms with van der Waals surface area (Å²) in [5, 5.41) is 2.80. The van der Waals surface area contributed by atoms with Gasteiger partial charge in [0.2, 0.25) is 0 Å². The van der Waals surface area contributed by atoms with E-state index in [1.165, 1.54) is 45.9 Å². The molecule has 0 spiro atoms. The summed E-state index contributed by atoms with van der Waals surface area (Å²) in [6, 6.07) is 8.69. The minimum Gasteiger partial charge on any atom is -0.870 e. The average Bonchev–Trinajstić information content (AvgIpc) is 2.83. The van der Waals surface area contributed by atoms with Crippen LogP contribution in [0.3, 0.4) is 0 Å². The molecule has 22 heavy (non-hydrogen) atoms. The van der Waals surface area contributed by atoms with E-state index in [0.717, 1.165) is 11.0 Å². The first-order valence-electron chi connectivity index (χ1n) is 7.81. The highest BCUT2D eigenvalue weighted by molar-refractivity contribution is 6.10. The fraction of sp³-hybridized carbons (Fsp3) is 0.368. The molecule has 0 saturated heterocycles. The second-order valence-electron chi connectivity index (χ2n) is 7.20. The van der Waals surface area contributed by atoms with Crippen molar-refractivity contribution >= 4 is 21.8 Å². The van der Waals surface area contributed by atoms with Crippen LogP contribution in [0.1, 0.15) is 22.3 Å². The van der Waals surface area contributed by atoms with Gasteiger partial charge in [0.1, 0.15) is 6.54 Å². The zero-order valence-electron chi connectivity index (χ0n) is 13.8. The van der Waals surface area contributed by atoms with Gasteiger partial charge in [-0.3, -0.25) is 0 Å². The van der Waals surface area contributed by atoms with Gasteiger partial charge in [0, 0.05) is 33.8 Å². The first kappa shape index (κ1) is 15.1. The molecule has 2 N–H and O–H groups in total. The van der Waals surface area contributed by atoms with Crippen LogP contribution in [0.25, 0.3) is 21.8 Å². The number of nitrogens with zero attached hydrogens (tertiary/aromatic N) is 1. The summed E-state index contributed by atoms with van der Waals surface area (Å²) in [6.45, 7) is 6.99. The normalized spacial score (nSPS) is 16.5. The van der Waals surface area contributed by atoms with E-state index in [1.54, 1.807) is 11.1 Å². The molecule has 3 heteroatoms. The maximum atomic E-state index is 3.65. The zero-order chi connectivity index (χ0) is 14.8. The first-order valence-corrected chi connectivity index (χ1v) is 7.81. The summed E-state index contributed by atoms with van der Waals surface area (Å²) in [5.41, 5.74) is 8.72. The number of fused-ring (bicyclic) bond motifs is 4. The molecule has 116 valence electrons. The van der Waals surface area contributed by atoms with Crippen molar-refractivity contribution in [3.63, 3.8) is 0 Å². The van der Waals surface area contributed by atoms with Crippen molar-refractivity contribution in [3.05, 3.63) is 46.5 Å². The van der Waals surface area contributed by atoms with Crippen LogP contribution >= 0.6 is 0 Å². The van der Waals surface area contributed by atoms with Crippen molar-refractivity contribution < 1.29 is 9.96 Å². The van der Waals surface area contributed by atoms with Crippen LogP contribution in [0.5, 0.6) is 0 Å². The molecule has 1 aromatic heterocycles. The van der Waals surface area contributed by atoms with Crippen LogP contribution < -0.4 is 0 Å². The van der Waals surface area contributed by atoms with Crippen molar-refractivity contribution in [1.82, 2.24) is 4.98 Å².